The first kappa shape index (κ1) is 16.3. The number of fused-ring (bicyclic) bond motifs is 1. The van der Waals surface area contributed by atoms with Crippen LogP contribution in [0, 0.1) is 10.1 Å². The molecule has 0 saturated carbocycles. The number of nitro benzene ring substituents is 1. The van der Waals surface area contributed by atoms with Gasteiger partial charge in [0.1, 0.15) is 12.4 Å². The number of hydrogen-bond donors (Lipinski definition) is 0. The van der Waals surface area contributed by atoms with Crippen LogP contribution in [0.15, 0.2) is 36.1 Å². The number of nitrogens with zero attached hydrogens (tertiary/aromatic N) is 2. The zero-order valence-corrected chi connectivity index (χ0v) is 13.1. The quantitative estimate of drug-likeness (QED) is 0.263. The topological polar surface area (TPSA) is 99.0 Å². The van der Waals surface area contributed by atoms with Crippen molar-refractivity contribution in [3.8, 4) is 0 Å². The number of alkyl halides is 1. The van der Waals surface area contributed by atoms with Gasteiger partial charge in [-0.2, -0.15) is 0 Å². The van der Waals surface area contributed by atoms with Gasteiger partial charge in [-0.05, 0) is 23.8 Å². The largest absolute Gasteiger partial charge is 0.472 e. The summed E-state index contributed by atoms with van der Waals surface area (Å²) in [6.07, 6.45) is 1.32. The molecule has 0 aromatic heterocycles. The summed E-state index contributed by atoms with van der Waals surface area (Å²) in [7, 11) is 0. The third kappa shape index (κ3) is 2.92. The van der Waals surface area contributed by atoms with Crippen molar-refractivity contribution in [1.82, 2.24) is 4.90 Å². The lowest BCUT2D eigenvalue weighted by Gasteiger charge is -2.33. The van der Waals surface area contributed by atoms with Gasteiger partial charge >= 0.3 is 5.97 Å². The Bertz CT molecular complexity index is 717. The van der Waals surface area contributed by atoms with Crippen LogP contribution in [-0.2, 0) is 25.7 Å². The van der Waals surface area contributed by atoms with Gasteiger partial charge in [-0.15, -0.1) is 11.6 Å². The predicted molar refractivity (Wildman–Crippen MR) is 81.8 cm³/mol. The fourth-order valence-corrected chi connectivity index (χ4v) is 2.73. The molecule has 0 N–H and O–H groups in total. The number of benzene rings is 1. The van der Waals surface area contributed by atoms with E-state index in [2.05, 4.69) is 0 Å². The van der Waals surface area contributed by atoms with E-state index in [9.17, 15) is 19.7 Å². The molecule has 2 atom stereocenters. The second kappa shape index (κ2) is 6.48. The van der Waals surface area contributed by atoms with Crippen molar-refractivity contribution in [3.63, 3.8) is 0 Å². The van der Waals surface area contributed by atoms with Crippen LogP contribution in [0.2, 0.25) is 0 Å². The number of β-lactam (4-membered cyclic amide) rings is 1. The minimum Gasteiger partial charge on any atom is -0.472 e. The summed E-state index contributed by atoms with van der Waals surface area (Å²) in [6.45, 7) is -0.0613. The summed E-state index contributed by atoms with van der Waals surface area (Å²) >= 11 is 5.65. The number of esters is 1. The number of nitro groups is 1. The van der Waals surface area contributed by atoms with E-state index >= 15 is 0 Å². The van der Waals surface area contributed by atoms with Crippen molar-refractivity contribution in [3.05, 3.63) is 51.8 Å². The molecular formula is C15H13ClN2O6. The van der Waals surface area contributed by atoms with Crippen LogP contribution in [0.25, 0.3) is 0 Å². The highest BCUT2D eigenvalue weighted by atomic mass is 35.5. The smallest absolute Gasteiger partial charge is 0.337 e. The molecule has 2 heterocycles. The van der Waals surface area contributed by atoms with Crippen LogP contribution in [-0.4, -0.2) is 39.8 Å². The first-order valence-electron chi connectivity index (χ1n) is 7.15. The highest BCUT2D eigenvalue weighted by Gasteiger charge is 2.54. The maximum absolute atomic E-state index is 12.3. The summed E-state index contributed by atoms with van der Waals surface area (Å²) in [4.78, 5) is 35.4. The lowest BCUT2D eigenvalue weighted by molar-refractivity contribution is -0.384. The fourth-order valence-electron chi connectivity index (χ4n) is 2.58. The molecule has 2 aliphatic rings. The first-order chi connectivity index (χ1) is 11.5. The summed E-state index contributed by atoms with van der Waals surface area (Å²) < 4.78 is 10.7. The maximum Gasteiger partial charge on any atom is 0.337 e. The van der Waals surface area contributed by atoms with Crippen LogP contribution in [0.4, 0.5) is 5.69 Å². The number of allylic oxidation sites excluding steroid dienone is 1. The molecule has 0 spiro atoms. The Labute approximate surface area is 141 Å². The molecule has 2 aliphatic heterocycles. The number of carbonyl (C=O) groups is 2. The Morgan fingerprint density at radius 3 is 2.75 bits per heavy atom. The van der Waals surface area contributed by atoms with Gasteiger partial charge in [-0.3, -0.25) is 19.8 Å². The SMILES string of the molecule is O=C(OCc1ccc([N+](=O)[O-])cc1)[C@H]1/C(=C/CCl)O[C@@H]2CC(=O)N21. The van der Waals surface area contributed by atoms with E-state index in [4.69, 9.17) is 21.1 Å². The van der Waals surface area contributed by atoms with Gasteiger partial charge in [0.15, 0.2) is 12.3 Å². The maximum atomic E-state index is 12.3. The second-order valence-corrected chi connectivity index (χ2v) is 5.58. The Hall–Kier alpha value is -2.61. The molecule has 9 heteroatoms. The van der Waals surface area contributed by atoms with Crippen molar-refractivity contribution < 1.29 is 24.0 Å². The van der Waals surface area contributed by atoms with E-state index in [1.807, 2.05) is 0 Å². The molecule has 24 heavy (non-hydrogen) atoms. The third-order valence-electron chi connectivity index (χ3n) is 3.80. The fraction of sp³-hybridized carbons (Fsp3) is 0.333. The number of carbonyl (C=O) groups excluding carboxylic acids is 2. The summed E-state index contributed by atoms with van der Waals surface area (Å²) in [5.41, 5.74) is 0.554. The molecule has 2 fully saturated rings. The Kier molecular flexibility index (Phi) is 4.39. The van der Waals surface area contributed by atoms with Gasteiger partial charge in [0, 0.05) is 18.0 Å². The summed E-state index contributed by atoms with van der Waals surface area (Å²) in [5, 5.41) is 10.6. The molecule has 0 radical (unpaired) electrons. The van der Waals surface area contributed by atoms with Gasteiger partial charge in [-0.25, -0.2) is 4.79 Å². The number of rotatable bonds is 5. The normalized spacial score (nSPS) is 23.5. The third-order valence-corrected chi connectivity index (χ3v) is 3.95. The lowest BCUT2D eigenvalue weighted by Crippen LogP contribution is -2.55. The van der Waals surface area contributed by atoms with Crippen molar-refractivity contribution in [2.45, 2.75) is 25.3 Å². The molecule has 1 aromatic rings. The van der Waals surface area contributed by atoms with Gasteiger partial charge in [0.2, 0.25) is 5.91 Å². The lowest BCUT2D eigenvalue weighted by atomic mass is 10.1. The highest BCUT2D eigenvalue weighted by molar-refractivity contribution is 6.19. The molecule has 0 aliphatic carbocycles. The van der Waals surface area contributed by atoms with Crippen molar-refractivity contribution in [1.29, 1.82) is 0 Å². The number of non-ortho nitro benzene ring substituents is 1. The van der Waals surface area contributed by atoms with E-state index in [1.54, 1.807) is 0 Å². The zero-order chi connectivity index (χ0) is 17.3. The van der Waals surface area contributed by atoms with Gasteiger partial charge < -0.3 is 9.47 Å². The van der Waals surface area contributed by atoms with Crippen LogP contribution in [0.1, 0.15) is 12.0 Å². The highest BCUT2D eigenvalue weighted by Crippen LogP contribution is 2.36. The number of halogens is 1. The monoisotopic (exact) mass is 352 g/mol. The van der Waals surface area contributed by atoms with E-state index in [0.29, 0.717) is 11.3 Å². The van der Waals surface area contributed by atoms with Gasteiger partial charge in [0.25, 0.3) is 5.69 Å². The van der Waals surface area contributed by atoms with Crippen molar-refractivity contribution >= 4 is 29.2 Å². The minimum absolute atomic E-state index is 0.0457. The van der Waals surface area contributed by atoms with E-state index in [-0.39, 0.29) is 30.5 Å². The average Bonchev–Trinajstić information content (AvgIpc) is 2.85. The van der Waals surface area contributed by atoms with E-state index in [0.717, 1.165) is 0 Å². The molecule has 8 nitrogen and oxygen atoms in total. The predicted octanol–water partition coefficient (Wildman–Crippen LogP) is 1.72. The van der Waals surface area contributed by atoms with Crippen molar-refractivity contribution in [2.75, 3.05) is 5.88 Å². The van der Waals surface area contributed by atoms with E-state index in [1.165, 1.54) is 35.2 Å². The molecule has 126 valence electrons. The van der Waals surface area contributed by atoms with Gasteiger partial charge in [0.05, 0.1) is 11.3 Å². The van der Waals surface area contributed by atoms with Crippen LogP contribution >= 0.6 is 11.6 Å². The summed E-state index contributed by atoms with van der Waals surface area (Å²) in [6, 6.07) is 4.74. The molecule has 1 aromatic carbocycles. The molecule has 0 unspecified atom stereocenters. The minimum atomic E-state index is -0.923. The molecule has 3 rings (SSSR count). The molecular weight excluding hydrogens is 340 g/mol. The van der Waals surface area contributed by atoms with Crippen LogP contribution < -0.4 is 0 Å². The summed E-state index contributed by atoms with van der Waals surface area (Å²) in [5.74, 6) is -0.346. The Balaban J connectivity index is 1.66. The number of amides is 1. The molecule has 1 amide bonds. The second-order valence-electron chi connectivity index (χ2n) is 5.27. The molecule has 2 saturated heterocycles. The first-order valence-corrected chi connectivity index (χ1v) is 7.68. The van der Waals surface area contributed by atoms with E-state index < -0.39 is 23.2 Å². The zero-order valence-electron chi connectivity index (χ0n) is 12.4. The van der Waals surface area contributed by atoms with Gasteiger partial charge in [-0.1, -0.05) is 0 Å². The Morgan fingerprint density at radius 2 is 2.17 bits per heavy atom. The standard InChI is InChI=1S/C15H13ClN2O6/c16-6-5-11-14(17-12(19)7-13(17)24-11)15(20)23-8-9-1-3-10(4-2-9)18(21)22/h1-5,13-14H,6-8H2/b11-5-/t13-,14-/m1/s1. The van der Waals surface area contributed by atoms with Crippen molar-refractivity contribution in [2.24, 2.45) is 0 Å². The number of ether oxygens (including phenoxy) is 2. The number of hydrogen-bond acceptors (Lipinski definition) is 6. The Morgan fingerprint density at radius 1 is 1.46 bits per heavy atom. The van der Waals surface area contributed by atoms with Crippen LogP contribution in [0.5, 0.6) is 0 Å². The van der Waals surface area contributed by atoms with Crippen LogP contribution in [0.3, 0.4) is 0 Å². The average molecular weight is 353 g/mol. The molecule has 0 bridgehead atoms.